The van der Waals surface area contributed by atoms with E-state index < -0.39 is 29.5 Å². The molecule has 4 rings (SSSR count). The van der Waals surface area contributed by atoms with Crippen molar-refractivity contribution in [2.45, 2.75) is 25.0 Å². The molecule has 3 heterocycles. The van der Waals surface area contributed by atoms with E-state index in [1.54, 1.807) is 11.0 Å². The molecule has 2 saturated heterocycles. The quantitative estimate of drug-likeness (QED) is 0.861. The highest BCUT2D eigenvalue weighted by Gasteiger charge is 2.67. The van der Waals surface area contributed by atoms with E-state index in [0.29, 0.717) is 6.54 Å². The number of carboxylic acid groups (broad SMARTS) is 1. The van der Waals surface area contributed by atoms with Crippen LogP contribution in [0.5, 0.6) is 0 Å². The van der Waals surface area contributed by atoms with Crippen LogP contribution >= 0.6 is 0 Å². The Morgan fingerprint density at radius 2 is 2.23 bits per heavy atom. The van der Waals surface area contributed by atoms with E-state index in [0.717, 1.165) is 17.7 Å². The van der Waals surface area contributed by atoms with Crippen molar-refractivity contribution >= 4 is 17.6 Å². The Morgan fingerprint density at radius 3 is 2.95 bits per heavy atom. The van der Waals surface area contributed by atoms with Gasteiger partial charge in [-0.2, -0.15) is 0 Å². The maximum absolute atomic E-state index is 12.9. The summed E-state index contributed by atoms with van der Waals surface area (Å²) < 4.78 is 5.90. The van der Waals surface area contributed by atoms with Crippen LogP contribution in [0.15, 0.2) is 36.4 Å². The van der Waals surface area contributed by atoms with Crippen LogP contribution in [0.3, 0.4) is 0 Å². The van der Waals surface area contributed by atoms with Gasteiger partial charge in [-0.3, -0.25) is 9.59 Å². The molecule has 1 spiro atoms. The fraction of sp³-hybridized carbons (Fsp3) is 0.412. The second kappa shape index (κ2) is 4.43. The van der Waals surface area contributed by atoms with Gasteiger partial charge in [0.05, 0.1) is 18.6 Å². The number of hydrogen-bond acceptors (Lipinski definition) is 3. The molecule has 2 bridgehead atoms. The van der Waals surface area contributed by atoms with Gasteiger partial charge >= 0.3 is 5.97 Å². The molecule has 0 aromatic heterocycles. The zero-order valence-electron chi connectivity index (χ0n) is 12.2. The summed E-state index contributed by atoms with van der Waals surface area (Å²) in [6, 6.07) is 7.76. The SMILES string of the molecule is CCc1ccccc1N1C[C@@]23C=C[C@@H](O2)[C@@H](C(=O)O)[C@H]3C1=O. The van der Waals surface area contributed by atoms with E-state index in [4.69, 9.17) is 4.74 Å². The van der Waals surface area contributed by atoms with Crippen LogP contribution < -0.4 is 4.90 Å². The molecule has 114 valence electrons. The lowest BCUT2D eigenvalue weighted by molar-refractivity contribution is -0.146. The number of hydrogen-bond donors (Lipinski definition) is 1. The number of carbonyl (C=O) groups excluding carboxylic acids is 1. The molecular formula is C17H17NO4. The number of para-hydroxylation sites is 1. The summed E-state index contributed by atoms with van der Waals surface area (Å²) in [5.74, 6) is -2.50. The van der Waals surface area contributed by atoms with Crippen LogP contribution in [0.4, 0.5) is 5.69 Å². The predicted octanol–water partition coefficient (Wildman–Crippen LogP) is 1.62. The van der Waals surface area contributed by atoms with Crippen molar-refractivity contribution in [3.8, 4) is 0 Å². The van der Waals surface area contributed by atoms with Crippen LogP contribution in [-0.2, 0) is 20.7 Å². The number of ether oxygens (including phenoxy) is 1. The monoisotopic (exact) mass is 299 g/mol. The van der Waals surface area contributed by atoms with Crippen molar-refractivity contribution in [2.24, 2.45) is 11.8 Å². The first-order valence-electron chi connectivity index (χ1n) is 7.56. The van der Waals surface area contributed by atoms with Crippen molar-refractivity contribution in [3.63, 3.8) is 0 Å². The first-order chi connectivity index (χ1) is 10.6. The zero-order valence-corrected chi connectivity index (χ0v) is 12.2. The van der Waals surface area contributed by atoms with E-state index in [-0.39, 0.29) is 5.91 Å². The Labute approximate surface area is 128 Å². The summed E-state index contributed by atoms with van der Waals surface area (Å²) in [4.78, 5) is 26.2. The van der Waals surface area contributed by atoms with Crippen molar-refractivity contribution in [3.05, 3.63) is 42.0 Å². The number of anilines is 1. The smallest absolute Gasteiger partial charge is 0.310 e. The van der Waals surface area contributed by atoms with E-state index in [2.05, 4.69) is 0 Å². The lowest BCUT2D eigenvalue weighted by atomic mass is 9.77. The molecule has 1 aromatic rings. The summed E-state index contributed by atoms with van der Waals surface area (Å²) in [6.45, 7) is 2.44. The van der Waals surface area contributed by atoms with Gasteiger partial charge in [-0.15, -0.1) is 0 Å². The van der Waals surface area contributed by atoms with Gasteiger partial charge in [0.2, 0.25) is 5.91 Å². The van der Waals surface area contributed by atoms with Gasteiger partial charge in [-0.1, -0.05) is 37.3 Å². The Kier molecular flexibility index (Phi) is 2.72. The fourth-order valence-electron chi connectivity index (χ4n) is 4.06. The predicted molar refractivity (Wildman–Crippen MR) is 79.5 cm³/mol. The number of amides is 1. The molecule has 0 aliphatic carbocycles. The van der Waals surface area contributed by atoms with Crippen molar-refractivity contribution in [1.82, 2.24) is 0 Å². The minimum absolute atomic E-state index is 0.139. The number of nitrogens with zero attached hydrogens (tertiary/aromatic N) is 1. The van der Waals surface area contributed by atoms with Gasteiger partial charge in [-0.25, -0.2) is 0 Å². The van der Waals surface area contributed by atoms with Gasteiger partial charge in [-0.05, 0) is 18.1 Å². The van der Waals surface area contributed by atoms with Crippen molar-refractivity contribution in [2.75, 3.05) is 11.4 Å². The molecule has 3 aliphatic heterocycles. The molecule has 0 radical (unpaired) electrons. The van der Waals surface area contributed by atoms with Crippen LogP contribution in [-0.4, -0.2) is 35.2 Å². The molecule has 1 N–H and O–H groups in total. The number of carbonyl (C=O) groups is 2. The molecule has 1 amide bonds. The highest BCUT2D eigenvalue weighted by molar-refractivity contribution is 6.03. The Hall–Kier alpha value is -2.14. The second-order valence-corrected chi connectivity index (χ2v) is 6.14. The maximum Gasteiger partial charge on any atom is 0.310 e. The minimum Gasteiger partial charge on any atom is -0.481 e. The highest BCUT2D eigenvalue weighted by atomic mass is 16.5. The molecule has 0 saturated carbocycles. The lowest BCUT2D eigenvalue weighted by Crippen LogP contribution is -2.39. The Balaban J connectivity index is 1.77. The van der Waals surface area contributed by atoms with Crippen LogP contribution in [0.25, 0.3) is 0 Å². The number of carboxylic acids is 1. The van der Waals surface area contributed by atoms with Gasteiger partial charge in [0.15, 0.2) is 0 Å². The molecule has 4 atom stereocenters. The minimum atomic E-state index is -0.958. The Morgan fingerprint density at radius 1 is 1.45 bits per heavy atom. The zero-order chi connectivity index (χ0) is 15.5. The number of rotatable bonds is 3. The van der Waals surface area contributed by atoms with Gasteiger partial charge < -0.3 is 14.7 Å². The third kappa shape index (κ3) is 1.57. The number of aryl methyl sites for hydroxylation is 1. The number of benzene rings is 1. The molecular weight excluding hydrogens is 282 g/mol. The first kappa shape index (κ1) is 13.5. The summed E-state index contributed by atoms with van der Waals surface area (Å²) in [5, 5.41) is 9.47. The number of fused-ring (bicyclic) bond motifs is 1. The summed E-state index contributed by atoms with van der Waals surface area (Å²) >= 11 is 0. The Bertz CT molecular complexity index is 698. The summed E-state index contributed by atoms with van der Waals surface area (Å²) in [5.41, 5.74) is 1.17. The fourth-order valence-corrected chi connectivity index (χ4v) is 4.06. The van der Waals surface area contributed by atoms with Crippen LogP contribution in [0, 0.1) is 11.8 Å². The first-order valence-corrected chi connectivity index (χ1v) is 7.56. The van der Waals surface area contributed by atoms with Crippen molar-refractivity contribution in [1.29, 1.82) is 0 Å². The van der Waals surface area contributed by atoms with Crippen LogP contribution in [0.1, 0.15) is 12.5 Å². The molecule has 2 fully saturated rings. The van der Waals surface area contributed by atoms with Gasteiger partial charge in [0.1, 0.15) is 11.5 Å². The highest BCUT2D eigenvalue weighted by Crippen LogP contribution is 2.52. The summed E-state index contributed by atoms with van der Waals surface area (Å²) in [7, 11) is 0. The molecule has 1 aromatic carbocycles. The topological polar surface area (TPSA) is 66.8 Å². The second-order valence-electron chi connectivity index (χ2n) is 6.14. The molecule has 22 heavy (non-hydrogen) atoms. The third-order valence-electron chi connectivity index (χ3n) is 5.05. The normalized spacial score (nSPS) is 35.2. The van der Waals surface area contributed by atoms with E-state index in [9.17, 15) is 14.7 Å². The molecule has 3 aliphatic rings. The van der Waals surface area contributed by atoms with Crippen LogP contribution in [0.2, 0.25) is 0 Å². The van der Waals surface area contributed by atoms with E-state index >= 15 is 0 Å². The average Bonchev–Trinajstić information content (AvgIpc) is 3.15. The average molecular weight is 299 g/mol. The number of aliphatic carboxylic acids is 1. The van der Waals surface area contributed by atoms with E-state index in [1.165, 1.54) is 0 Å². The van der Waals surface area contributed by atoms with Gasteiger partial charge in [0, 0.05) is 5.69 Å². The molecule has 0 unspecified atom stereocenters. The molecule has 5 nitrogen and oxygen atoms in total. The summed E-state index contributed by atoms with van der Waals surface area (Å²) in [6.07, 6.45) is 4.01. The third-order valence-corrected chi connectivity index (χ3v) is 5.05. The maximum atomic E-state index is 12.9. The van der Waals surface area contributed by atoms with E-state index in [1.807, 2.05) is 37.3 Å². The van der Waals surface area contributed by atoms with Gasteiger partial charge in [0.25, 0.3) is 0 Å². The standard InChI is InChI=1S/C17H17NO4/c1-2-10-5-3-4-6-11(10)18-9-17-8-7-12(22-17)13(16(20)21)14(17)15(18)19/h3-8,12-14H,2,9H2,1H3,(H,20,21)/t12-,13-,14+,17-/m1/s1. The lowest BCUT2D eigenvalue weighted by Gasteiger charge is -2.23. The van der Waals surface area contributed by atoms with Crippen molar-refractivity contribution < 1.29 is 19.4 Å². The molecule has 5 heteroatoms. The largest absolute Gasteiger partial charge is 0.481 e.